The molecule has 0 atom stereocenters. The van der Waals surface area contributed by atoms with E-state index < -0.39 is 5.41 Å². The quantitative estimate of drug-likeness (QED) is 0.129. The summed E-state index contributed by atoms with van der Waals surface area (Å²) in [6, 6.07) is 75.0. The van der Waals surface area contributed by atoms with Gasteiger partial charge in [0.25, 0.3) is 0 Å². The van der Waals surface area contributed by atoms with Gasteiger partial charge in [-0.3, -0.25) is 0 Å². The number of hydrogen-bond acceptors (Lipinski definition) is 3. The zero-order valence-electron chi connectivity index (χ0n) is 35.2. The highest BCUT2D eigenvalue weighted by molar-refractivity contribution is 6.10. The normalized spacial score (nSPS) is 14.1. The van der Waals surface area contributed by atoms with Gasteiger partial charge < -0.3 is 14.6 Å². The Kier molecular flexibility index (Phi) is 8.63. The number of benzene rings is 9. The Labute approximate surface area is 367 Å². The van der Waals surface area contributed by atoms with Gasteiger partial charge >= 0.3 is 0 Å². The van der Waals surface area contributed by atoms with Crippen LogP contribution in [0.3, 0.4) is 0 Å². The van der Waals surface area contributed by atoms with E-state index >= 15 is 0 Å². The zero-order chi connectivity index (χ0) is 42.1. The number of anilines is 3. The van der Waals surface area contributed by atoms with Crippen LogP contribution in [0, 0.1) is 0 Å². The van der Waals surface area contributed by atoms with Gasteiger partial charge in [-0.15, -0.1) is 0 Å². The van der Waals surface area contributed by atoms with Crippen molar-refractivity contribution in [1.29, 1.82) is 0 Å². The van der Waals surface area contributed by atoms with Gasteiger partial charge in [0.05, 0.1) is 23.8 Å². The first-order chi connectivity index (χ1) is 31.2. The van der Waals surface area contributed by atoms with Gasteiger partial charge in [-0.1, -0.05) is 159 Å². The molecule has 4 heteroatoms. The second kappa shape index (κ2) is 14.7. The first-order valence-corrected chi connectivity index (χ1v) is 22.0. The standard InChI is InChI=1S/C59H43N3O/c1-3-52(61-58(46-25-17-19-38-18-7-8-22-42(38)46)57(60-2)40-32-34-45-44-24-10-16-31-55(44)63-56(45)37-40)39-33-35-49-47(36-39)43-23-9-11-26-48(43)59(49)50-27-12-14-29-53(50)62(41-20-5-4-6-21-41)54-30-15-13-28-51(54)59/h4-37,60H,3H2,1-2H3/p+1. The zero-order valence-corrected chi connectivity index (χ0v) is 35.2. The monoisotopic (exact) mass is 810 g/mol. The van der Waals surface area contributed by atoms with Gasteiger partial charge in [-0.05, 0) is 111 Å². The summed E-state index contributed by atoms with van der Waals surface area (Å²) in [4.78, 5) is 8.22. The topological polar surface area (TPSA) is 45.4 Å². The average Bonchev–Trinajstić information content (AvgIpc) is 3.86. The van der Waals surface area contributed by atoms with Crippen LogP contribution in [0.15, 0.2) is 216 Å². The Morgan fingerprint density at radius 1 is 0.524 bits per heavy atom. The molecule has 0 amide bonds. The number of quaternary nitrogens is 1. The predicted octanol–water partition coefficient (Wildman–Crippen LogP) is 13.8. The van der Waals surface area contributed by atoms with Crippen molar-refractivity contribution >= 4 is 66.9 Å². The molecule has 63 heavy (non-hydrogen) atoms. The summed E-state index contributed by atoms with van der Waals surface area (Å²) in [5.41, 5.74) is 18.8. The van der Waals surface area contributed by atoms with E-state index in [-0.39, 0.29) is 0 Å². The van der Waals surface area contributed by atoms with Crippen molar-refractivity contribution in [1.82, 2.24) is 0 Å². The molecule has 0 fully saturated rings. The average molecular weight is 811 g/mol. The molecule has 1 spiro atoms. The summed E-state index contributed by atoms with van der Waals surface area (Å²) in [6.07, 6.45) is 0.747. The van der Waals surface area contributed by atoms with Gasteiger partial charge in [0.1, 0.15) is 16.9 Å². The van der Waals surface area contributed by atoms with E-state index in [0.717, 1.165) is 67.8 Å². The van der Waals surface area contributed by atoms with Crippen molar-refractivity contribution in [3.63, 3.8) is 0 Å². The Bertz CT molecular complexity index is 3450. The summed E-state index contributed by atoms with van der Waals surface area (Å²) in [5.74, 6) is 0. The fourth-order valence-corrected chi connectivity index (χ4v) is 10.7. The van der Waals surface area contributed by atoms with Crippen LogP contribution in [-0.4, -0.2) is 12.8 Å². The van der Waals surface area contributed by atoms with Gasteiger partial charge in [-0.2, -0.15) is 0 Å². The fourth-order valence-electron chi connectivity index (χ4n) is 10.7. The van der Waals surface area contributed by atoms with Crippen molar-refractivity contribution in [2.24, 2.45) is 4.99 Å². The van der Waals surface area contributed by atoms with E-state index in [2.05, 4.69) is 218 Å². The number of fused-ring (bicyclic) bond motifs is 13. The number of hydrogen-bond donors (Lipinski definition) is 1. The molecule has 4 nitrogen and oxygen atoms in total. The van der Waals surface area contributed by atoms with E-state index in [9.17, 15) is 0 Å². The molecule has 0 radical (unpaired) electrons. The summed E-state index contributed by atoms with van der Waals surface area (Å²) < 4.78 is 6.43. The maximum absolute atomic E-state index is 6.43. The number of furan rings is 1. The minimum absolute atomic E-state index is 0.514. The highest BCUT2D eigenvalue weighted by atomic mass is 16.3. The van der Waals surface area contributed by atoms with Crippen LogP contribution >= 0.6 is 0 Å². The van der Waals surface area contributed by atoms with Crippen molar-refractivity contribution in [2.75, 3.05) is 11.9 Å². The third-order valence-corrected chi connectivity index (χ3v) is 13.4. The summed E-state index contributed by atoms with van der Waals surface area (Å²) in [5, 5.41) is 6.79. The summed E-state index contributed by atoms with van der Waals surface area (Å²) >= 11 is 0. The number of nitrogens with zero attached hydrogens (tertiary/aromatic N) is 2. The summed E-state index contributed by atoms with van der Waals surface area (Å²) in [7, 11) is 2.12. The molecule has 0 saturated heterocycles. The molecule has 10 aromatic rings. The maximum Gasteiger partial charge on any atom is 0.163 e. The highest BCUT2D eigenvalue weighted by Crippen LogP contribution is 2.63. The molecule has 300 valence electrons. The van der Waals surface area contributed by atoms with Crippen LogP contribution in [0.1, 0.15) is 52.3 Å². The third-order valence-electron chi connectivity index (χ3n) is 13.4. The van der Waals surface area contributed by atoms with Crippen molar-refractivity contribution < 1.29 is 9.73 Å². The minimum Gasteiger partial charge on any atom is -0.456 e. The van der Waals surface area contributed by atoms with Crippen molar-refractivity contribution in [3.05, 3.63) is 245 Å². The molecule has 1 aliphatic carbocycles. The lowest BCUT2D eigenvalue weighted by Crippen LogP contribution is -2.76. The van der Waals surface area contributed by atoms with Crippen LogP contribution in [-0.2, 0) is 5.41 Å². The fraction of sp³-hybridized carbons (Fsp3) is 0.0678. The van der Waals surface area contributed by atoms with Crippen LogP contribution in [0.25, 0.3) is 55.2 Å². The second-order valence-corrected chi connectivity index (χ2v) is 16.6. The Balaban J connectivity index is 1.08. The largest absolute Gasteiger partial charge is 0.456 e. The smallest absolute Gasteiger partial charge is 0.163 e. The van der Waals surface area contributed by atoms with Crippen molar-refractivity contribution in [3.8, 4) is 11.1 Å². The number of rotatable bonds is 7. The molecule has 2 aliphatic rings. The first-order valence-electron chi connectivity index (χ1n) is 22.0. The maximum atomic E-state index is 6.43. The molecule has 0 saturated carbocycles. The van der Waals surface area contributed by atoms with E-state index in [0.29, 0.717) is 0 Å². The molecule has 2 heterocycles. The molecular formula is C59H44N3O+. The number of para-hydroxylation sites is 4. The van der Waals surface area contributed by atoms with E-state index in [1.54, 1.807) is 0 Å². The minimum atomic E-state index is -0.514. The van der Waals surface area contributed by atoms with Gasteiger partial charge in [0.15, 0.2) is 5.70 Å². The predicted molar refractivity (Wildman–Crippen MR) is 261 cm³/mol. The van der Waals surface area contributed by atoms with Crippen LogP contribution in [0.4, 0.5) is 17.1 Å². The lowest BCUT2D eigenvalue weighted by Gasteiger charge is -2.45. The molecular weight excluding hydrogens is 767 g/mol. The van der Waals surface area contributed by atoms with E-state index in [1.165, 1.54) is 55.5 Å². The molecule has 12 rings (SSSR count). The SMILES string of the molecule is CCC(=NC(=C([NH2+]C)c1ccc2c(c1)oc1ccccc12)c1cccc2ccccc12)c1ccc2c(c1)-c1ccccc1C21c2ccccc2N(c2ccccc2)c2ccccc21. The molecule has 0 bridgehead atoms. The van der Waals surface area contributed by atoms with E-state index in [4.69, 9.17) is 9.41 Å². The number of aliphatic imine (C=N–C) groups is 1. The van der Waals surface area contributed by atoms with Gasteiger partial charge in [0, 0.05) is 33.3 Å². The molecule has 2 N–H and O–H groups in total. The summed E-state index contributed by atoms with van der Waals surface area (Å²) in [6.45, 7) is 2.23. The molecule has 1 aliphatic heterocycles. The Hall–Kier alpha value is -7.79. The van der Waals surface area contributed by atoms with E-state index in [1.807, 2.05) is 12.1 Å². The number of nitrogens with two attached hydrogens (primary N) is 1. The lowest BCUT2D eigenvalue weighted by atomic mass is 9.64. The third kappa shape index (κ3) is 5.55. The lowest BCUT2D eigenvalue weighted by molar-refractivity contribution is -0.529. The van der Waals surface area contributed by atoms with Crippen LogP contribution < -0.4 is 10.2 Å². The first kappa shape index (κ1) is 37.0. The molecule has 9 aromatic carbocycles. The molecule has 1 aromatic heterocycles. The van der Waals surface area contributed by atoms with Crippen molar-refractivity contribution in [2.45, 2.75) is 18.8 Å². The van der Waals surface area contributed by atoms with Gasteiger partial charge in [-0.25, -0.2) is 4.99 Å². The van der Waals surface area contributed by atoms with Gasteiger partial charge in [0.2, 0.25) is 0 Å². The van der Waals surface area contributed by atoms with Crippen LogP contribution in [0.5, 0.6) is 0 Å². The second-order valence-electron chi connectivity index (χ2n) is 16.6. The van der Waals surface area contributed by atoms with Crippen LogP contribution in [0.2, 0.25) is 0 Å². The molecule has 0 unspecified atom stereocenters. The Morgan fingerprint density at radius 2 is 1.14 bits per heavy atom. The highest BCUT2D eigenvalue weighted by Gasteiger charge is 2.51. The Morgan fingerprint density at radius 3 is 1.92 bits per heavy atom.